The van der Waals surface area contributed by atoms with E-state index in [0.29, 0.717) is 0 Å². The zero-order valence-corrected chi connectivity index (χ0v) is 8.02. The van der Waals surface area contributed by atoms with Gasteiger partial charge in [-0.15, -0.1) is 11.3 Å². The Labute approximate surface area is 76.3 Å². The molecule has 3 heteroatoms. The molecule has 1 N–H and O–H groups in total. The van der Waals surface area contributed by atoms with Crippen molar-refractivity contribution in [3.63, 3.8) is 0 Å². The van der Waals surface area contributed by atoms with Crippen molar-refractivity contribution in [3.05, 3.63) is 15.6 Å². The summed E-state index contributed by atoms with van der Waals surface area (Å²) in [6.07, 6.45) is 3.58. The van der Waals surface area contributed by atoms with E-state index in [4.69, 9.17) is 0 Å². The smallest absolute Gasteiger partial charge is 0.0928 e. The topological polar surface area (TPSA) is 33.1 Å². The van der Waals surface area contributed by atoms with Crippen LogP contribution >= 0.6 is 11.3 Å². The van der Waals surface area contributed by atoms with E-state index in [1.807, 2.05) is 0 Å². The van der Waals surface area contributed by atoms with Crippen LogP contribution in [0.15, 0.2) is 0 Å². The van der Waals surface area contributed by atoms with E-state index >= 15 is 0 Å². The molecule has 0 aromatic carbocycles. The third-order valence-electron chi connectivity index (χ3n) is 2.26. The zero-order valence-electron chi connectivity index (χ0n) is 7.21. The molecule has 1 aliphatic rings. The Hall–Kier alpha value is -0.410. The Morgan fingerprint density at radius 2 is 2.50 bits per heavy atom. The van der Waals surface area contributed by atoms with Gasteiger partial charge in [0, 0.05) is 11.3 Å². The number of aliphatic hydroxyl groups is 1. The van der Waals surface area contributed by atoms with Crippen LogP contribution in [-0.4, -0.2) is 16.2 Å². The van der Waals surface area contributed by atoms with Crippen LogP contribution < -0.4 is 0 Å². The Bertz CT molecular complexity index is 282. The van der Waals surface area contributed by atoms with Crippen molar-refractivity contribution < 1.29 is 5.11 Å². The number of hydrogen-bond acceptors (Lipinski definition) is 3. The summed E-state index contributed by atoms with van der Waals surface area (Å²) in [5.74, 6) is 0. The number of rotatable bonds is 1. The van der Waals surface area contributed by atoms with Crippen molar-refractivity contribution in [2.75, 3.05) is 0 Å². The van der Waals surface area contributed by atoms with Gasteiger partial charge in [-0.1, -0.05) is 6.92 Å². The van der Waals surface area contributed by atoms with Crippen LogP contribution in [0.4, 0.5) is 0 Å². The van der Waals surface area contributed by atoms with Crippen LogP contribution in [0.3, 0.4) is 0 Å². The first kappa shape index (κ1) is 8.20. The molecule has 2 nitrogen and oxygen atoms in total. The number of aryl methyl sites for hydroxylation is 2. The third kappa shape index (κ3) is 1.39. The summed E-state index contributed by atoms with van der Waals surface area (Å²) in [4.78, 5) is 5.82. The van der Waals surface area contributed by atoms with Gasteiger partial charge < -0.3 is 5.11 Å². The highest BCUT2D eigenvalue weighted by Gasteiger charge is 2.19. The van der Waals surface area contributed by atoms with Gasteiger partial charge in [-0.3, -0.25) is 0 Å². The molecule has 1 aliphatic carbocycles. The largest absolute Gasteiger partial charge is 0.393 e. The summed E-state index contributed by atoms with van der Waals surface area (Å²) in [6, 6.07) is 0. The maximum absolute atomic E-state index is 9.42. The Morgan fingerprint density at radius 1 is 1.67 bits per heavy atom. The molecule has 66 valence electrons. The van der Waals surface area contributed by atoms with E-state index in [2.05, 4.69) is 11.9 Å². The van der Waals surface area contributed by atoms with Crippen molar-refractivity contribution in [1.82, 2.24) is 4.98 Å². The highest BCUT2D eigenvalue weighted by molar-refractivity contribution is 7.11. The summed E-state index contributed by atoms with van der Waals surface area (Å²) in [6.45, 7) is 2.13. The Morgan fingerprint density at radius 3 is 3.25 bits per heavy atom. The maximum Gasteiger partial charge on any atom is 0.0928 e. The van der Waals surface area contributed by atoms with Gasteiger partial charge in [-0.25, -0.2) is 4.98 Å². The van der Waals surface area contributed by atoms with Crippen molar-refractivity contribution in [2.24, 2.45) is 0 Å². The molecule has 1 heterocycles. The van der Waals surface area contributed by atoms with E-state index < -0.39 is 0 Å². The summed E-state index contributed by atoms with van der Waals surface area (Å²) >= 11 is 1.77. The van der Waals surface area contributed by atoms with Crippen LogP contribution in [0.2, 0.25) is 0 Å². The lowest BCUT2D eigenvalue weighted by molar-refractivity contribution is 0.159. The lowest BCUT2D eigenvalue weighted by atomic mass is 10.0. The molecule has 1 unspecified atom stereocenters. The summed E-state index contributed by atoms with van der Waals surface area (Å²) in [7, 11) is 0. The molecule has 0 radical (unpaired) electrons. The molecule has 0 amide bonds. The molecule has 0 bridgehead atoms. The third-order valence-corrected chi connectivity index (χ3v) is 3.52. The van der Waals surface area contributed by atoms with Crippen molar-refractivity contribution >= 4 is 11.3 Å². The predicted molar refractivity (Wildman–Crippen MR) is 49.5 cm³/mol. The van der Waals surface area contributed by atoms with E-state index in [0.717, 1.165) is 25.7 Å². The molecule has 1 aromatic rings. The van der Waals surface area contributed by atoms with E-state index in [-0.39, 0.29) is 6.10 Å². The first-order valence-corrected chi connectivity index (χ1v) is 5.26. The lowest BCUT2D eigenvalue weighted by Crippen LogP contribution is -2.17. The minimum atomic E-state index is -0.123. The second-order valence-electron chi connectivity index (χ2n) is 3.23. The van der Waals surface area contributed by atoms with Crippen molar-refractivity contribution in [2.45, 2.75) is 38.7 Å². The molecule has 1 atom stereocenters. The van der Waals surface area contributed by atoms with Gasteiger partial charge in [0.2, 0.25) is 0 Å². The molecule has 0 aliphatic heterocycles. The average Bonchev–Trinajstić information content (AvgIpc) is 2.46. The van der Waals surface area contributed by atoms with Crippen LogP contribution in [-0.2, 0) is 19.3 Å². The molecule has 0 saturated heterocycles. The fourth-order valence-electron chi connectivity index (χ4n) is 1.56. The van der Waals surface area contributed by atoms with Gasteiger partial charge >= 0.3 is 0 Å². The van der Waals surface area contributed by atoms with Gasteiger partial charge in [-0.05, 0) is 19.3 Å². The molecule has 0 fully saturated rings. The molecular weight excluding hydrogens is 170 g/mol. The molecule has 12 heavy (non-hydrogen) atoms. The van der Waals surface area contributed by atoms with Crippen LogP contribution in [0.1, 0.15) is 28.9 Å². The van der Waals surface area contributed by atoms with E-state index in [1.165, 1.54) is 15.6 Å². The number of aliphatic hydroxyl groups excluding tert-OH is 1. The lowest BCUT2D eigenvalue weighted by Gasteiger charge is -2.14. The molecule has 0 spiro atoms. The van der Waals surface area contributed by atoms with Crippen LogP contribution in [0, 0.1) is 0 Å². The second-order valence-corrected chi connectivity index (χ2v) is 4.40. The van der Waals surface area contributed by atoms with Gasteiger partial charge in [-0.2, -0.15) is 0 Å². The number of fused-ring (bicyclic) bond motifs is 1. The SMILES string of the molecule is CCc1nc2c(s1)CC(O)CC2. The van der Waals surface area contributed by atoms with Crippen LogP contribution in [0.25, 0.3) is 0 Å². The second kappa shape index (κ2) is 3.15. The first-order chi connectivity index (χ1) is 5.79. The van der Waals surface area contributed by atoms with Crippen molar-refractivity contribution in [3.8, 4) is 0 Å². The van der Waals surface area contributed by atoms with E-state index in [1.54, 1.807) is 11.3 Å². The molecule has 2 rings (SSSR count). The fraction of sp³-hybridized carbons (Fsp3) is 0.667. The summed E-state index contributed by atoms with van der Waals surface area (Å²) in [5.41, 5.74) is 1.24. The van der Waals surface area contributed by atoms with Crippen molar-refractivity contribution in [1.29, 1.82) is 0 Å². The predicted octanol–water partition coefficient (Wildman–Crippen LogP) is 1.56. The number of nitrogens with zero attached hydrogens (tertiary/aromatic N) is 1. The Balaban J connectivity index is 2.28. The average molecular weight is 183 g/mol. The fourth-order valence-corrected chi connectivity index (χ4v) is 2.69. The monoisotopic (exact) mass is 183 g/mol. The quantitative estimate of drug-likeness (QED) is 0.716. The Kier molecular flexibility index (Phi) is 2.15. The first-order valence-electron chi connectivity index (χ1n) is 4.45. The molecular formula is C9H13NOS. The molecule has 1 aromatic heterocycles. The normalized spacial score (nSPS) is 22.3. The van der Waals surface area contributed by atoms with E-state index in [9.17, 15) is 5.11 Å². The summed E-state index contributed by atoms with van der Waals surface area (Å²) < 4.78 is 0. The van der Waals surface area contributed by atoms with Gasteiger partial charge in [0.05, 0.1) is 16.8 Å². The number of aromatic nitrogens is 1. The standard InChI is InChI=1S/C9H13NOS/c1-2-9-10-7-4-3-6(11)5-8(7)12-9/h6,11H,2-5H2,1H3. The number of hydrogen-bond donors (Lipinski definition) is 1. The van der Waals surface area contributed by atoms with Gasteiger partial charge in [0.25, 0.3) is 0 Å². The van der Waals surface area contributed by atoms with Gasteiger partial charge in [0.1, 0.15) is 0 Å². The zero-order chi connectivity index (χ0) is 8.55. The summed E-state index contributed by atoms with van der Waals surface area (Å²) in [5, 5.41) is 10.6. The minimum Gasteiger partial charge on any atom is -0.393 e. The number of thiazole rings is 1. The highest BCUT2D eigenvalue weighted by Crippen LogP contribution is 2.26. The maximum atomic E-state index is 9.42. The minimum absolute atomic E-state index is 0.123. The van der Waals surface area contributed by atoms with Crippen LogP contribution in [0.5, 0.6) is 0 Å². The highest BCUT2D eigenvalue weighted by atomic mass is 32.1. The molecule has 0 saturated carbocycles. The van der Waals surface area contributed by atoms with Gasteiger partial charge in [0.15, 0.2) is 0 Å².